The van der Waals surface area contributed by atoms with Gasteiger partial charge in [-0.1, -0.05) is 47.0 Å². The smallest absolute Gasteiger partial charge is 0.241 e. The summed E-state index contributed by atoms with van der Waals surface area (Å²) in [5.41, 5.74) is 0. The molecule has 0 aromatic rings. The molecule has 1 N–H and O–H groups in total. The number of nitrogens with zero attached hydrogens (tertiary/aromatic N) is 1. The SMILES string of the molecule is CCC(C)C1NC(C(C)C)N(CC2CCCC2)C1=O. The van der Waals surface area contributed by atoms with E-state index in [1.54, 1.807) is 0 Å². The first kappa shape index (κ1) is 14.8. The van der Waals surface area contributed by atoms with Crippen molar-refractivity contribution in [2.45, 2.75) is 72.0 Å². The molecule has 3 heteroatoms. The Bertz CT molecular complexity index is 310. The first-order valence-corrected chi connectivity index (χ1v) is 8.11. The van der Waals surface area contributed by atoms with Gasteiger partial charge in [-0.2, -0.15) is 0 Å². The van der Waals surface area contributed by atoms with Crippen molar-refractivity contribution in [1.82, 2.24) is 10.2 Å². The molecular formula is C16H30N2O. The third-order valence-electron chi connectivity index (χ3n) is 5.01. The van der Waals surface area contributed by atoms with Crippen LogP contribution in [-0.2, 0) is 4.79 Å². The van der Waals surface area contributed by atoms with Gasteiger partial charge < -0.3 is 4.90 Å². The van der Waals surface area contributed by atoms with Crippen LogP contribution in [0.4, 0.5) is 0 Å². The summed E-state index contributed by atoms with van der Waals surface area (Å²) in [6.45, 7) is 9.76. The highest BCUT2D eigenvalue weighted by Crippen LogP contribution is 2.30. The van der Waals surface area contributed by atoms with E-state index in [0.717, 1.165) is 18.9 Å². The molecule has 1 saturated carbocycles. The van der Waals surface area contributed by atoms with E-state index < -0.39 is 0 Å². The van der Waals surface area contributed by atoms with Crippen molar-refractivity contribution < 1.29 is 4.79 Å². The summed E-state index contributed by atoms with van der Waals surface area (Å²) < 4.78 is 0. The minimum atomic E-state index is 0.0406. The lowest BCUT2D eigenvalue weighted by Crippen LogP contribution is -2.43. The van der Waals surface area contributed by atoms with Gasteiger partial charge in [-0.3, -0.25) is 10.1 Å². The standard InChI is InChI=1S/C16H30N2O/c1-5-12(4)14-16(19)18(15(17-14)11(2)3)10-13-8-6-7-9-13/h11-15,17H,5-10H2,1-4H3. The Balaban J connectivity index is 2.06. The lowest BCUT2D eigenvalue weighted by Gasteiger charge is -2.29. The van der Waals surface area contributed by atoms with E-state index in [-0.39, 0.29) is 12.2 Å². The van der Waals surface area contributed by atoms with E-state index in [1.165, 1.54) is 25.7 Å². The molecule has 19 heavy (non-hydrogen) atoms. The minimum absolute atomic E-state index is 0.0406. The van der Waals surface area contributed by atoms with Crippen LogP contribution in [-0.4, -0.2) is 29.6 Å². The van der Waals surface area contributed by atoms with Crippen molar-refractivity contribution in [3.63, 3.8) is 0 Å². The second-order valence-electron chi connectivity index (χ2n) is 6.86. The molecular weight excluding hydrogens is 236 g/mol. The molecule has 3 unspecified atom stereocenters. The molecule has 0 spiro atoms. The molecule has 3 nitrogen and oxygen atoms in total. The second kappa shape index (κ2) is 6.25. The summed E-state index contributed by atoms with van der Waals surface area (Å²) >= 11 is 0. The van der Waals surface area contributed by atoms with Crippen LogP contribution in [0, 0.1) is 17.8 Å². The number of hydrogen-bond acceptors (Lipinski definition) is 2. The molecule has 1 amide bonds. The molecule has 3 atom stereocenters. The molecule has 1 saturated heterocycles. The van der Waals surface area contributed by atoms with Crippen molar-refractivity contribution in [2.75, 3.05) is 6.54 Å². The summed E-state index contributed by atoms with van der Waals surface area (Å²) in [4.78, 5) is 14.8. The molecule has 0 bridgehead atoms. The van der Waals surface area contributed by atoms with Crippen LogP contribution in [0.25, 0.3) is 0 Å². The first-order valence-electron chi connectivity index (χ1n) is 8.11. The molecule has 0 aromatic carbocycles. The Morgan fingerprint density at radius 1 is 1.26 bits per heavy atom. The van der Waals surface area contributed by atoms with Gasteiger partial charge in [0.05, 0.1) is 12.2 Å². The van der Waals surface area contributed by atoms with Crippen molar-refractivity contribution in [3.8, 4) is 0 Å². The maximum atomic E-state index is 12.7. The molecule has 2 fully saturated rings. The second-order valence-corrected chi connectivity index (χ2v) is 6.86. The van der Waals surface area contributed by atoms with Gasteiger partial charge in [0, 0.05) is 6.54 Å². The Morgan fingerprint density at radius 3 is 2.42 bits per heavy atom. The minimum Gasteiger partial charge on any atom is -0.325 e. The van der Waals surface area contributed by atoms with Crippen molar-refractivity contribution in [2.24, 2.45) is 17.8 Å². The van der Waals surface area contributed by atoms with Gasteiger partial charge in [0.2, 0.25) is 5.91 Å². The molecule has 0 aromatic heterocycles. The topological polar surface area (TPSA) is 32.3 Å². The van der Waals surface area contributed by atoms with Crippen LogP contribution in [0.5, 0.6) is 0 Å². The van der Waals surface area contributed by atoms with Crippen LogP contribution < -0.4 is 5.32 Å². The Kier molecular flexibility index (Phi) is 4.88. The first-order chi connectivity index (χ1) is 9.04. The Labute approximate surface area is 118 Å². The maximum absolute atomic E-state index is 12.7. The molecule has 1 aliphatic heterocycles. The molecule has 2 aliphatic rings. The fourth-order valence-corrected chi connectivity index (χ4v) is 3.53. The lowest BCUT2D eigenvalue weighted by molar-refractivity contribution is -0.132. The molecule has 2 rings (SSSR count). The predicted octanol–water partition coefficient (Wildman–Crippen LogP) is 3.01. The maximum Gasteiger partial charge on any atom is 0.241 e. The normalized spacial score (nSPS) is 30.6. The summed E-state index contributed by atoms with van der Waals surface area (Å²) in [6, 6.07) is 0.0406. The van der Waals surface area contributed by atoms with Gasteiger partial charge in [0.25, 0.3) is 0 Å². The predicted molar refractivity (Wildman–Crippen MR) is 78.7 cm³/mol. The Morgan fingerprint density at radius 2 is 1.89 bits per heavy atom. The quantitative estimate of drug-likeness (QED) is 0.829. The summed E-state index contributed by atoms with van der Waals surface area (Å²) in [5.74, 6) is 2.00. The number of carbonyl (C=O) groups excluding carboxylic acids is 1. The lowest BCUT2D eigenvalue weighted by atomic mass is 9.99. The fraction of sp³-hybridized carbons (Fsp3) is 0.938. The molecule has 0 radical (unpaired) electrons. The van der Waals surface area contributed by atoms with Crippen LogP contribution >= 0.6 is 0 Å². The van der Waals surface area contributed by atoms with E-state index in [2.05, 4.69) is 37.9 Å². The van der Waals surface area contributed by atoms with Crippen LogP contribution in [0.3, 0.4) is 0 Å². The number of nitrogens with one attached hydrogen (secondary N) is 1. The monoisotopic (exact) mass is 266 g/mol. The van der Waals surface area contributed by atoms with Gasteiger partial charge in [-0.15, -0.1) is 0 Å². The summed E-state index contributed by atoms with van der Waals surface area (Å²) in [5, 5.41) is 3.59. The average Bonchev–Trinajstić information content (AvgIpc) is 2.99. The number of carbonyl (C=O) groups is 1. The highest BCUT2D eigenvalue weighted by molar-refractivity contribution is 5.84. The third kappa shape index (κ3) is 3.13. The van der Waals surface area contributed by atoms with Gasteiger partial charge in [0.1, 0.15) is 0 Å². The molecule has 1 heterocycles. The highest BCUT2D eigenvalue weighted by atomic mass is 16.2. The molecule has 110 valence electrons. The van der Waals surface area contributed by atoms with E-state index in [1.807, 2.05) is 0 Å². The van der Waals surface area contributed by atoms with Gasteiger partial charge in [-0.05, 0) is 30.6 Å². The third-order valence-corrected chi connectivity index (χ3v) is 5.01. The van der Waals surface area contributed by atoms with Crippen LogP contribution in [0.1, 0.15) is 59.8 Å². The molecule has 1 aliphatic carbocycles. The zero-order chi connectivity index (χ0) is 14.0. The number of hydrogen-bond donors (Lipinski definition) is 1. The summed E-state index contributed by atoms with van der Waals surface area (Å²) in [7, 11) is 0. The Hall–Kier alpha value is -0.570. The van der Waals surface area contributed by atoms with Crippen molar-refractivity contribution >= 4 is 5.91 Å². The average molecular weight is 266 g/mol. The largest absolute Gasteiger partial charge is 0.325 e. The fourth-order valence-electron chi connectivity index (χ4n) is 3.53. The van der Waals surface area contributed by atoms with Crippen molar-refractivity contribution in [1.29, 1.82) is 0 Å². The van der Waals surface area contributed by atoms with E-state index in [9.17, 15) is 4.79 Å². The number of rotatable bonds is 5. The van der Waals surface area contributed by atoms with Crippen LogP contribution in [0.2, 0.25) is 0 Å². The zero-order valence-corrected chi connectivity index (χ0v) is 13.0. The van der Waals surface area contributed by atoms with Gasteiger partial charge in [0.15, 0.2) is 0 Å². The van der Waals surface area contributed by atoms with Gasteiger partial charge >= 0.3 is 0 Å². The van der Waals surface area contributed by atoms with E-state index in [4.69, 9.17) is 0 Å². The summed E-state index contributed by atoms with van der Waals surface area (Å²) in [6.07, 6.45) is 6.62. The van der Waals surface area contributed by atoms with Gasteiger partial charge in [-0.25, -0.2) is 0 Å². The van der Waals surface area contributed by atoms with Crippen molar-refractivity contribution in [3.05, 3.63) is 0 Å². The van der Waals surface area contributed by atoms with E-state index in [0.29, 0.717) is 17.7 Å². The number of amides is 1. The zero-order valence-electron chi connectivity index (χ0n) is 13.0. The van der Waals surface area contributed by atoms with E-state index >= 15 is 0 Å². The van der Waals surface area contributed by atoms with Crippen LogP contribution in [0.15, 0.2) is 0 Å². The highest BCUT2D eigenvalue weighted by Gasteiger charge is 2.42.